The number of carbonyl (C=O) groups is 1. The largest absolute Gasteiger partial charge is 0.412 e. The van der Waals surface area contributed by atoms with E-state index in [1.165, 1.54) is 0 Å². The van der Waals surface area contributed by atoms with Crippen molar-refractivity contribution in [2.24, 2.45) is 5.92 Å². The van der Waals surface area contributed by atoms with Crippen molar-refractivity contribution in [2.75, 3.05) is 0 Å². The molecule has 1 rings (SSSR count). The molecule has 2 nitrogen and oxygen atoms in total. The maximum Gasteiger partial charge on any atom is 0.184 e. The molecule has 92 valence electrons. The number of hydrogen-bond donors (Lipinski definition) is 0. The van der Waals surface area contributed by atoms with Gasteiger partial charge in [0.25, 0.3) is 0 Å². The highest BCUT2D eigenvalue weighted by molar-refractivity contribution is 6.69. The van der Waals surface area contributed by atoms with Crippen molar-refractivity contribution in [3.63, 3.8) is 0 Å². The van der Waals surface area contributed by atoms with E-state index in [-0.39, 0.29) is 12.0 Å². The van der Waals surface area contributed by atoms with Gasteiger partial charge in [0.05, 0.1) is 6.10 Å². The zero-order valence-corrected chi connectivity index (χ0v) is 12.0. The van der Waals surface area contributed by atoms with Gasteiger partial charge < -0.3 is 4.43 Å². The maximum atomic E-state index is 11.4. The molecule has 0 bridgehead atoms. The second-order valence-corrected chi connectivity index (χ2v) is 10.1. The first-order valence-electron chi connectivity index (χ1n) is 6.25. The van der Waals surface area contributed by atoms with Crippen molar-refractivity contribution in [1.29, 1.82) is 0 Å². The minimum atomic E-state index is -1.43. The highest BCUT2D eigenvalue weighted by Crippen LogP contribution is 2.24. The van der Waals surface area contributed by atoms with Gasteiger partial charge in [-0.3, -0.25) is 4.79 Å². The summed E-state index contributed by atoms with van der Waals surface area (Å²) in [6.07, 6.45) is 8.26. The van der Waals surface area contributed by atoms with Gasteiger partial charge in [-0.05, 0) is 45.8 Å². The average Bonchev–Trinajstić information content (AvgIpc) is 2.48. The molecule has 2 unspecified atom stereocenters. The number of hydrogen-bond acceptors (Lipinski definition) is 2. The summed E-state index contributed by atoms with van der Waals surface area (Å²) >= 11 is 0. The van der Waals surface area contributed by atoms with E-state index in [1.54, 1.807) is 0 Å². The molecule has 0 aliphatic heterocycles. The van der Waals surface area contributed by atoms with Gasteiger partial charge in [-0.15, -0.1) is 0 Å². The number of carbonyl (C=O) groups excluding carboxylic acids is 1. The summed E-state index contributed by atoms with van der Waals surface area (Å²) in [6.45, 7) is 8.65. The van der Waals surface area contributed by atoms with Gasteiger partial charge in [-0.2, -0.15) is 0 Å². The highest BCUT2D eigenvalue weighted by Gasteiger charge is 2.22. The average molecular weight is 240 g/mol. The van der Waals surface area contributed by atoms with Gasteiger partial charge in [-0.1, -0.05) is 12.2 Å². The molecule has 0 aromatic heterocycles. The molecule has 0 N–H and O–H groups in total. The summed E-state index contributed by atoms with van der Waals surface area (Å²) in [5.74, 6) is 0.735. The van der Waals surface area contributed by atoms with Crippen LogP contribution in [-0.4, -0.2) is 20.2 Å². The van der Waals surface area contributed by atoms with E-state index < -0.39 is 8.32 Å². The van der Waals surface area contributed by atoms with E-state index >= 15 is 0 Å². The quantitative estimate of drug-likeness (QED) is 0.543. The lowest BCUT2D eigenvalue weighted by Crippen LogP contribution is -2.29. The molecule has 1 fully saturated rings. The van der Waals surface area contributed by atoms with Crippen molar-refractivity contribution < 1.29 is 9.22 Å². The van der Waals surface area contributed by atoms with Crippen molar-refractivity contribution in [1.82, 2.24) is 0 Å². The number of allylic oxidation sites excluding steroid dienone is 1. The summed E-state index contributed by atoms with van der Waals surface area (Å²) in [7, 11) is -1.43. The third-order valence-electron chi connectivity index (χ3n) is 2.80. The van der Waals surface area contributed by atoms with E-state index in [2.05, 4.69) is 38.7 Å². The summed E-state index contributed by atoms with van der Waals surface area (Å²) in [5, 5.41) is 0. The normalized spacial score (nSPS) is 24.2. The van der Waals surface area contributed by atoms with E-state index in [0.29, 0.717) is 5.78 Å². The van der Waals surface area contributed by atoms with Crippen LogP contribution in [-0.2, 0) is 9.22 Å². The van der Waals surface area contributed by atoms with Crippen molar-refractivity contribution in [2.45, 2.75) is 58.4 Å². The van der Waals surface area contributed by atoms with Crippen LogP contribution in [0.3, 0.4) is 0 Å². The molecular formula is C13H24O2Si. The van der Waals surface area contributed by atoms with Crippen LogP contribution in [0.5, 0.6) is 0 Å². The molecule has 0 aromatic carbocycles. The Balaban J connectivity index is 2.28. The Morgan fingerprint density at radius 3 is 2.69 bits per heavy atom. The van der Waals surface area contributed by atoms with Crippen LogP contribution in [0.4, 0.5) is 0 Å². The molecule has 0 radical (unpaired) electrons. The molecule has 0 aromatic rings. The molecule has 0 amide bonds. The van der Waals surface area contributed by atoms with E-state index in [4.69, 9.17) is 4.43 Å². The first-order valence-corrected chi connectivity index (χ1v) is 9.66. The monoisotopic (exact) mass is 240 g/mol. The lowest BCUT2D eigenvalue weighted by molar-refractivity contribution is -0.120. The predicted octanol–water partition coefficient (Wildman–Crippen LogP) is 3.54. The smallest absolute Gasteiger partial charge is 0.184 e. The molecule has 1 aliphatic rings. The molecule has 3 heteroatoms. The zero-order valence-electron chi connectivity index (χ0n) is 11.0. The van der Waals surface area contributed by atoms with Crippen LogP contribution >= 0.6 is 0 Å². The fourth-order valence-corrected chi connectivity index (χ4v) is 3.36. The summed E-state index contributed by atoms with van der Waals surface area (Å²) in [5.41, 5.74) is 0. The molecule has 1 saturated carbocycles. The molecule has 1 aliphatic carbocycles. The third kappa shape index (κ3) is 5.08. The summed E-state index contributed by atoms with van der Waals surface area (Å²) in [6, 6.07) is 0. The van der Waals surface area contributed by atoms with E-state index in [0.717, 1.165) is 25.7 Å². The number of ketones is 1. The molecular weight excluding hydrogens is 216 g/mol. The van der Waals surface area contributed by atoms with Crippen LogP contribution in [0.25, 0.3) is 0 Å². The van der Waals surface area contributed by atoms with Gasteiger partial charge in [0, 0.05) is 12.3 Å². The fourth-order valence-electron chi connectivity index (χ4n) is 2.17. The van der Waals surface area contributed by atoms with Crippen LogP contribution in [0.2, 0.25) is 19.6 Å². The zero-order chi connectivity index (χ0) is 12.2. The molecule has 16 heavy (non-hydrogen) atoms. The van der Waals surface area contributed by atoms with Crippen molar-refractivity contribution in [3.8, 4) is 0 Å². The van der Waals surface area contributed by atoms with Gasteiger partial charge in [0.1, 0.15) is 5.78 Å². The second kappa shape index (κ2) is 5.78. The first kappa shape index (κ1) is 13.7. The highest BCUT2D eigenvalue weighted by atomic mass is 28.4. The van der Waals surface area contributed by atoms with Crippen molar-refractivity contribution in [3.05, 3.63) is 12.2 Å². The van der Waals surface area contributed by atoms with Crippen LogP contribution in [0.15, 0.2) is 12.2 Å². The molecule has 0 spiro atoms. The first-order chi connectivity index (χ1) is 7.38. The Morgan fingerprint density at radius 1 is 1.50 bits per heavy atom. The number of Topliss-reactive ketones (excluding diaryl/α,β-unsaturated/α-hetero) is 1. The minimum Gasteiger partial charge on any atom is -0.412 e. The number of rotatable bonds is 5. The van der Waals surface area contributed by atoms with Gasteiger partial charge in [-0.25, -0.2) is 0 Å². The standard InChI is InChI=1S/C13H24O2Si/c1-11(15-16(2,3)4)7-5-8-12-9-6-10-13(12)14/h5,7,11-12H,6,8-10H2,1-4H3. The van der Waals surface area contributed by atoms with Gasteiger partial charge in [0.15, 0.2) is 8.32 Å². The molecule has 0 saturated heterocycles. The summed E-state index contributed by atoms with van der Waals surface area (Å²) < 4.78 is 5.90. The molecule has 0 heterocycles. The van der Waals surface area contributed by atoms with Crippen LogP contribution in [0.1, 0.15) is 32.6 Å². The summed E-state index contributed by atoms with van der Waals surface area (Å²) in [4.78, 5) is 11.4. The third-order valence-corrected chi connectivity index (χ3v) is 3.88. The lowest BCUT2D eigenvalue weighted by atomic mass is 10.0. The van der Waals surface area contributed by atoms with Crippen LogP contribution in [0, 0.1) is 5.92 Å². The Kier molecular flexibility index (Phi) is 4.93. The fraction of sp³-hybridized carbons (Fsp3) is 0.769. The minimum absolute atomic E-state index is 0.183. The van der Waals surface area contributed by atoms with Gasteiger partial charge >= 0.3 is 0 Å². The Hall–Kier alpha value is -0.413. The Labute approximate surface area is 100 Å². The van der Waals surface area contributed by atoms with Gasteiger partial charge in [0.2, 0.25) is 0 Å². The topological polar surface area (TPSA) is 26.3 Å². The van der Waals surface area contributed by atoms with Crippen LogP contribution < -0.4 is 0 Å². The Morgan fingerprint density at radius 2 is 2.19 bits per heavy atom. The predicted molar refractivity (Wildman–Crippen MR) is 70.0 cm³/mol. The lowest BCUT2D eigenvalue weighted by Gasteiger charge is -2.21. The molecule has 2 atom stereocenters. The SMILES string of the molecule is CC(C=CCC1CCCC1=O)O[Si](C)(C)C. The van der Waals surface area contributed by atoms with E-state index in [9.17, 15) is 4.79 Å². The van der Waals surface area contributed by atoms with Crippen molar-refractivity contribution >= 4 is 14.1 Å². The second-order valence-electron chi connectivity index (χ2n) is 5.65. The van der Waals surface area contributed by atoms with E-state index in [1.807, 2.05) is 0 Å². The Bertz CT molecular complexity index is 266. The maximum absolute atomic E-state index is 11.4.